The summed E-state index contributed by atoms with van der Waals surface area (Å²) in [6.07, 6.45) is 0. The maximum absolute atomic E-state index is 2.61. The number of rotatable bonds is 4. The van der Waals surface area contributed by atoms with E-state index in [-0.39, 0.29) is 28.4 Å². The minimum absolute atomic E-state index is 0.0599. The summed E-state index contributed by atoms with van der Waals surface area (Å²) in [6, 6.07) is 68.6. The number of hydrogen-bond acceptors (Lipinski definition) is 4. The molecule has 0 saturated carbocycles. The van der Waals surface area contributed by atoms with Gasteiger partial charge in [0.15, 0.2) is 0 Å². The van der Waals surface area contributed by atoms with E-state index in [1.165, 1.54) is 135 Å². The van der Waals surface area contributed by atoms with Crippen molar-refractivity contribution in [1.29, 1.82) is 0 Å². The van der Waals surface area contributed by atoms with Crippen molar-refractivity contribution >= 4 is 120 Å². The highest BCUT2D eigenvalue weighted by atomic mass is 32.1. The van der Waals surface area contributed by atoms with E-state index in [1.54, 1.807) is 0 Å². The summed E-state index contributed by atoms with van der Waals surface area (Å²) in [7, 11) is 0. The zero-order chi connectivity index (χ0) is 52.1. The van der Waals surface area contributed by atoms with Crippen LogP contribution in [-0.4, -0.2) is 6.71 Å². The van der Waals surface area contributed by atoms with Gasteiger partial charge in [0.2, 0.25) is 0 Å². The van der Waals surface area contributed by atoms with Gasteiger partial charge in [-0.3, -0.25) is 0 Å². The maximum atomic E-state index is 2.61. The first-order valence-electron chi connectivity index (χ1n) is 26.8. The second-order valence-electron chi connectivity index (χ2n) is 25.5. The second kappa shape index (κ2) is 16.8. The molecule has 2 aliphatic heterocycles. The van der Waals surface area contributed by atoms with Crippen molar-refractivity contribution in [2.45, 2.75) is 105 Å². The first kappa shape index (κ1) is 47.8. The number of thiophene rings is 2. The van der Waals surface area contributed by atoms with Gasteiger partial charge in [0.1, 0.15) is 0 Å². The fourth-order valence-corrected chi connectivity index (χ4v) is 14.1. The van der Waals surface area contributed by atoms with Crippen LogP contribution in [0.2, 0.25) is 0 Å². The third-order valence-electron chi connectivity index (χ3n) is 16.2. The summed E-state index contributed by atoms with van der Waals surface area (Å²) in [5.74, 6) is 0. The number of hydrogen-bond donors (Lipinski definition) is 0. The lowest BCUT2D eigenvalue weighted by atomic mass is 9.33. The smallest absolute Gasteiger partial charge is 0.252 e. The number of benzene rings is 9. The lowest BCUT2D eigenvalue weighted by Crippen LogP contribution is -2.61. The molecule has 2 aliphatic rings. The van der Waals surface area contributed by atoms with Crippen LogP contribution in [0, 0.1) is 0 Å². The third-order valence-corrected chi connectivity index (χ3v) is 18.5. The molecule has 4 heterocycles. The van der Waals surface area contributed by atoms with Crippen LogP contribution < -0.4 is 26.2 Å². The van der Waals surface area contributed by atoms with E-state index in [1.807, 2.05) is 22.7 Å². The molecule has 11 aromatic rings. The Morgan fingerprint density at radius 2 is 0.693 bits per heavy atom. The molecule has 0 saturated heterocycles. The topological polar surface area (TPSA) is 6.48 Å². The zero-order valence-corrected chi connectivity index (χ0v) is 47.2. The fourth-order valence-electron chi connectivity index (χ4n) is 11.9. The summed E-state index contributed by atoms with van der Waals surface area (Å²) in [4.78, 5) is 5.23. The van der Waals surface area contributed by atoms with Crippen molar-refractivity contribution in [2.24, 2.45) is 0 Å². The van der Waals surface area contributed by atoms with Crippen LogP contribution in [0.25, 0.3) is 62.6 Å². The van der Waals surface area contributed by atoms with Crippen LogP contribution in [-0.2, 0) is 21.7 Å². The van der Waals surface area contributed by atoms with E-state index in [9.17, 15) is 0 Å². The van der Waals surface area contributed by atoms with Gasteiger partial charge >= 0.3 is 0 Å². The van der Waals surface area contributed by atoms with Crippen LogP contribution >= 0.6 is 22.7 Å². The van der Waals surface area contributed by atoms with Gasteiger partial charge in [0, 0.05) is 74.5 Å². The van der Waals surface area contributed by atoms with Crippen molar-refractivity contribution < 1.29 is 0 Å². The second-order valence-corrected chi connectivity index (χ2v) is 27.7. The standard InChI is InChI=1S/C70H65BN2S2/c1-67(2,3)46-36-47(68(4,5)6)39-50(38-46)72-58-29-25-43(42-27-31-64-55(32-42)53-19-14-16-23-63(53)74-64)33-56(58)71-57-34-44(45-24-28-54-52-18-13-15-22-62(52)75-65(54)35-45)26-30-59(57)73(61-21-17-20-60(72)66(61)71)51-40-48(69(7,8)9)37-49(41-51)70(10,11)12/h13-41H,1-12H3. The molecule has 2 nitrogen and oxygen atoms in total. The van der Waals surface area contributed by atoms with Gasteiger partial charge < -0.3 is 9.80 Å². The third kappa shape index (κ3) is 7.95. The van der Waals surface area contributed by atoms with Crippen molar-refractivity contribution in [3.8, 4) is 22.3 Å². The van der Waals surface area contributed by atoms with Gasteiger partial charge in [0.05, 0.1) is 0 Å². The highest BCUT2D eigenvalue weighted by molar-refractivity contribution is 7.26. The van der Waals surface area contributed by atoms with E-state index >= 15 is 0 Å². The Bertz CT molecular complexity index is 4060. The van der Waals surface area contributed by atoms with Gasteiger partial charge in [-0.05, 0) is 161 Å². The van der Waals surface area contributed by atoms with Crippen LogP contribution in [0.5, 0.6) is 0 Å². The molecule has 0 atom stereocenters. The molecule has 0 unspecified atom stereocenters. The predicted octanol–water partition coefficient (Wildman–Crippen LogP) is 19.0. The molecule has 0 aliphatic carbocycles. The van der Waals surface area contributed by atoms with Crippen molar-refractivity contribution in [3.63, 3.8) is 0 Å². The SMILES string of the molecule is CC(C)(C)c1cc(N2c3ccc(-c4ccc5c(c4)sc4ccccc45)cc3B3c4cc(-c5ccc6sc7ccccc7c6c5)ccc4N(c4cc(C(C)(C)C)cc(C(C)(C)C)c4)c4cccc2c43)cc(C(C)(C)C)c1. The van der Waals surface area contributed by atoms with Crippen molar-refractivity contribution in [2.75, 3.05) is 9.80 Å². The Kier molecular flexibility index (Phi) is 10.7. The van der Waals surface area contributed by atoms with E-state index in [2.05, 4.69) is 269 Å². The van der Waals surface area contributed by atoms with Gasteiger partial charge in [-0.25, -0.2) is 0 Å². The summed E-state index contributed by atoms with van der Waals surface area (Å²) >= 11 is 3.77. The van der Waals surface area contributed by atoms with E-state index in [0.29, 0.717) is 0 Å². The van der Waals surface area contributed by atoms with Gasteiger partial charge in [0.25, 0.3) is 6.71 Å². The highest BCUT2D eigenvalue weighted by Crippen LogP contribution is 2.48. The molecule has 5 heteroatoms. The molecular weight excluding hydrogens is 944 g/mol. The van der Waals surface area contributed by atoms with E-state index in [0.717, 1.165) is 0 Å². The Morgan fingerprint density at radius 3 is 1.19 bits per heavy atom. The Morgan fingerprint density at radius 1 is 0.307 bits per heavy atom. The minimum Gasteiger partial charge on any atom is -0.311 e. The largest absolute Gasteiger partial charge is 0.311 e. The molecule has 0 spiro atoms. The molecule has 13 rings (SSSR count). The summed E-state index contributed by atoms with van der Waals surface area (Å²) < 4.78 is 5.30. The molecule has 9 aromatic carbocycles. The molecule has 0 radical (unpaired) electrons. The fraction of sp³-hybridized carbons (Fsp3) is 0.229. The lowest BCUT2D eigenvalue weighted by molar-refractivity contribution is 0.568. The number of nitrogens with zero attached hydrogens (tertiary/aromatic N) is 2. The molecule has 75 heavy (non-hydrogen) atoms. The monoisotopic (exact) mass is 1010 g/mol. The highest BCUT2D eigenvalue weighted by Gasteiger charge is 2.44. The quantitative estimate of drug-likeness (QED) is 0.162. The molecule has 0 amide bonds. The van der Waals surface area contributed by atoms with E-state index in [4.69, 9.17) is 0 Å². The normalized spacial score (nSPS) is 13.8. The summed E-state index contributed by atoms with van der Waals surface area (Å²) in [5.41, 5.74) is 21.3. The van der Waals surface area contributed by atoms with Crippen LogP contribution in [0.4, 0.5) is 34.1 Å². The zero-order valence-electron chi connectivity index (χ0n) is 45.5. The molecule has 370 valence electrons. The average molecular weight is 1010 g/mol. The van der Waals surface area contributed by atoms with Gasteiger partial charge in [-0.15, -0.1) is 22.7 Å². The maximum Gasteiger partial charge on any atom is 0.252 e. The first-order chi connectivity index (χ1) is 35.7. The summed E-state index contributed by atoms with van der Waals surface area (Å²) in [5, 5.41) is 5.29. The number of anilines is 6. The molecule has 0 bridgehead atoms. The Labute approximate surface area is 452 Å². The molecule has 0 N–H and O–H groups in total. The molecule has 0 fully saturated rings. The van der Waals surface area contributed by atoms with Gasteiger partial charge in [-0.2, -0.15) is 0 Å². The van der Waals surface area contributed by atoms with Gasteiger partial charge in [-0.1, -0.05) is 180 Å². The Hall–Kier alpha value is -6.92. The van der Waals surface area contributed by atoms with Crippen LogP contribution in [0.1, 0.15) is 105 Å². The average Bonchev–Trinajstić information content (AvgIpc) is 3.97. The minimum atomic E-state index is -0.0619. The van der Waals surface area contributed by atoms with Crippen molar-refractivity contribution in [3.05, 3.63) is 198 Å². The molecule has 2 aromatic heterocycles. The Balaban J connectivity index is 1.11. The first-order valence-corrected chi connectivity index (χ1v) is 28.5. The number of fused-ring (bicyclic) bond motifs is 10. The van der Waals surface area contributed by atoms with Crippen LogP contribution in [0.3, 0.4) is 0 Å². The lowest BCUT2D eigenvalue weighted by Gasteiger charge is -2.45. The molecular formula is C70H65BN2S2. The van der Waals surface area contributed by atoms with Crippen molar-refractivity contribution in [1.82, 2.24) is 0 Å². The predicted molar refractivity (Wildman–Crippen MR) is 332 cm³/mol. The summed E-state index contributed by atoms with van der Waals surface area (Å²) in [6.45, 7) is 28.2. The van der Waals surface area contributed by atoms with E-state index < -0.39 is 0 Å². The van der Waals surface area contributed by atoms with Crippen LogP contribution in [0.15, 0.2) is 176 Å².